The van der Waals surface area contributed by atoms with Crippen LogP contribution in [0.25, 0.3) is 0 Å². The first-order valence-electron chi connectivity index (χ1n) is 5.09. The zero-order chi connectivity index (χ0) is 12.3. The molecule has 0 amide bonds. The highest BCUT2D eigenvalue weighted by Crippen LogP contribution is 2.15. The molecule has 0 atom stereocenters. The van der Waals surface area contributed by atoms with Crippen LogP contribution in [0.3, 0.4) is 0 Å². The highest BCUT2D eigenvalue weighted by atomic mass is 79.9. The minimum atomic E-state index is -0.231. The van der Waals surface area contributed by atoms with Crippen LogP contribution in [-0.4, -0.2) is 10.1 Å². The van der Waals surface area contributed by atoms with Gasteiger partial charge in [0.2, 0.25) is 5.89 Å². The van der Waals surface area contributed by atoms with Gasteiger partial charge in [0.1, 0.15) is 5.82 Å². The number of benzene rings is 1. The highest BCUT2D eigenvalue weighted by Gasteiger charge is 2.04. The summed E-state index contributed by atoms with van der Waals surface area (Å²) in [6.45, 7) is 2.59. The second-order valence-corrected chi connectivity index (χ2v) is 4.48. The lowest BCUT2D eigenvalue weighted by atomic mass is 10.2. The molecule has 1 aromatic carbocycles. The Hall–Kier alpha value is -1.27. The average Bonchev–Trinajstić information content (AvgIpc) is 2.69. The van der Waals surface area contributed by atoms with Crippen LogP contribution in [0.15, 0.2) is 27.2 Å². The van der Waals surface area contributed by atoms with Gasteiger partial charge in [-0.15, -0.1) is 0 Å². The van der Waals surface area contributed by atoms with E-state index in [1.165, 1.54) is 6.07 Å². The second-order valence-electron chi connectivity index (χ2n) is 3.57. The van der Waals surface area contributed by atoms with Crippen molar-refractivity contribution in [3.63, 3.8) is 0 Å². The predicted molar refractivity (Wildman–Crippen MR) is 63.7 cm³/mol. The van der Waals surface area contributed by atoms with E-state index in [9.17, 15) is 4.39 Å². The Kier molecular flexibility index (Phi) is 3.86. The fraction of sp³-hybridized carbons (Fsp3) is 0.273. The number of rotatable bonds is 4. The summed E-state index contributed by atoms with van der Waals surface area (Å²) in [5, 5.41) is 6.79. The van der Waals surface area contributed by atoms with Gasteiger partial charge in [0, 0.05) is 23.5 Å². The molecule has 1 heterocycles. The minimum Gasteiger partial charge on any atom is -0.340 e. The summed E-state index contributed by atoms with van der Waals surface area (Å²) in [6.07, 6.45) is 0. The topological polar surface area (TPSA) is 51.0 Å². The maximum absolute atomic E-state index is 13.4. The Morgan fingerprint density at radius 3 is 2.94 bits per heavy atom. The molecule has 1 N–H and O–H groups in total. The first kappa shape index (κ1) is 12.2. The maximum Gasteiger partial charge on any atom is 0.223 e. The van der Waals surface area contributed by atoms with Gasteiger partial charge in [0.05, 0.1) is 6.54 Å². The Morgan fingerprint density at radius 2 is 2.24 bits per heavy atom. The van der Waals surface area contributed by atoms with Crippen LogP contribution in [0.5, 0.6) is 0 Å². The Labute approximate surface area is 106 Å². The lowest BCUT2D eigenvalue weighted by Gasteiger charge is -2.04. The molecule has 0 radical (unpaired) electrons. The number of hydrogen-bond donors (Lipinski definition) is 1. The van der Waals surface area contributed by atoms with E-state index in [1.54, 1.807) is 19.1 Å². The minimum absolute atomic E-state index is 0.231. The van der Waals surface area contributed by atoms with Crippen molar-refractivity contribution in [2.75, 3.05) is 0 Å². The molecule has 17 heavy (non-hydrogen) atoms. The summed E-state index contributed by atoms with van der Waals surface area (Å²) in [5.41, 5.74) is 0.597. The fourth-order valence-corrected chi connectivity index (χ4v) is 1.81. The van der Waals surface area contributed by atoms with Gasteiger partial charge in [-0.05, 0) is 18.2 Å². The molecule has 0 saturated carbocycles. The molecule has 0 aliphatic carbocycles. The fourth-order valence-electron chi connectivity index (χ4n) is 1.40. The molecule has 0 spiro atoms. The third kappa shape index (κ3) is 3.34. The van der Waals surface area contributed by atoms with Gasteiger partial charge in [-0.3, -0.25) is 0 Å². The third-order valence-corrected chi connectivity index (χ3v) is 2.67. The summed E-state index contributed by atoms with van der Waals surface area (Å²) in [4.78, 5) is 4.04. The van der Waals surface area contributed by atoms with Crippen molar-refractivity contribution in [1.82, 2.24) is 15.5 Å². The Morgan fingerprint density at radius 1 is 1.41 bits per heavy atom. The molecule has 4 nitrogen and oxygen atoms in total. The van der Waals surface area contributed by atoms with Gasteiger partial charge in [0.15, 0.2) is 5.82 Å². The predicted octanol–water partition coefficient (Wildman–Crippen LogP) is 2.57. The van der Waals surface area contributed by atoms with Gasteiger partial charge in [-0.25, -0.2) is 4.39 Å². The van der Waals surface area contributed by atoms with E-state index in [4.69, 9.17) is 4.52 Å². The first-order chi connectivity index (χ1) is 8.15. The van der Waals surface area contributed by atoms with E-state index in [0.29, 0.717) is 30.4 Å². The number of nitrogens with zero attached hydrogens (tertiary/aromatic N) is 2. The number of aromatic nitrogens is 2. The lowest BCUT2D eigenvalue weighted by molar-refractivity contribution is 0.385. The molecule has 0 unspecified atom stereocenters. The van der Waals surface area contributed by atoms with Crippen molar-refractivity contribution in [3.8, 4) is 0 Å². The van der Waals surface area contributed by atoms with E-state index in [0.717, 1.165) is 4.47 Å². The van der Waals surface area contributed by atoms with Crippen molar-refractivity contribution in [3.05, 3.63) is 45.8 Å². The zero-order valence-electron chi connectivity index (χ0n) is 9.20. The second kappa shape index (κ2) is 5.37. The molecule has 0 bridgehead atoms. The third-order valence-electron chi connectivity index (χ3n) is 2.18. The van der Waals surface area contributed by atoms with Crippen LogP contribution >= 0.6 is 15.9 Å². The quantitative estimate of drug-likeness (QED) is 0.943. The lowest BCUT2D eigenvalue weighted by Crippen LogP contribution is -2.14. The summed E-state index contributed by atoms with van der Waals surface area (Å²) < 4.78 is 19.1. The maximum atomic E-state index is 13.4. The smallest absolute Gasteiger partial charge is 0.223 e. The van der Waals surface area contributed by atoms with Crippen LogP contribution in [0.2, 0.25) is 0 Å². The summed E-state index contributed by atoms with van der Waals surface area (Å²) in [5.74, 6) is 0.860. The molecule has 0 fully saturated rings. The van der Waals surface area contributed by atoms with Crippen molar-refractivity contribution in [2.24, 2.45) is 0 Å². The number of nitrogens with one attached hydrogen (secondary N) is 1. The molecule has 0 saturated heterocycles. The molecule has 1 aromatic heterocycles. The number of halogens is 2. The molecule has 2 aromatic rings. The van der Waals surface area contributed by atoms with Crippen LogP contribution in [-0.2, 0) is 13.1 Å². The normalized spacial score (nSPS) is 10.8. The van der Waals surface area contributed by atoms with Crippen LogP contribution < -0.4 is 5.32 Å². The van der Waals surface area contributed by atoms with Gasteiger partial charge < -0.3 is 9.84 Å². The number of hydrogen-bond acceptors (Lipinski definition) is 4. The van der Waals surface area contributed by atoms with Crippen molar-refractivity contribution >= 4 is 15.9 Å². The Bertz CT molecular complexity index is 515. The van der Waals surface area contributed by atoms with Crippen LogP contribution in [0.4, 0.5) is 4.39 Å². The highest BCUT2D eigenvalue weighted by molar-refractivity contribution is 9.10. The van der Waals surface area contributed by atoms with Gasteiger partial charge in [0.25, 0.3) is 0 Å². The van der Waals surface area contributed by atoms with E-state index in [1.807, 2.05) is 0 Å². The zero-order valence-corrected chi connectivity index (χ0v) is 10.8. The summed E-state index contributed by atoms with van der Waals surface area (Å²) in [6, 6.07) is 4.84. The molecule has 0 aliphatic rings. The van der Waals surface area contributed by atoms with Crippen molar-refractivity contribution < 1.29 is 8.91 Å². The standard InChI is InChI=1S/C11H11BrFN3O/c1-7-15-11(16-17-7)6-14-5-8-4-9(12)2-3-10(8)13/h2-4,14H,5-6H2,1H3. The largest absolute Gasteiger partial charge is 0.340 e. The van der Waals surface area contributed by atoms with Crippen LogP contribution in [0.1, 0.15) is 17.3 Å². The molecular weight excluding hydrogens is 289 g/mol. The van der Waals surface area contributed by atoms with E-state index >= 15 is 0 Å². The van der Waals surface area contributed by atoms with Crippen molar-refractivity contribution in [2.45, 2.75) is 20.0 Å². The average molecular weight is 300 g/mol. The molecule has 2 rings (SSSR count). The van der Waals surface area contributed by atoms with Gasteiger partial charge >= 0.3 is 0 Å². The first-order valence-corrected chi connectivity index (χ1v) is 5.88. The SMILES string of the molecule is Cc1nc(CNCc2cc(Br)ccc2F)no1. The molecule has 6 heteroatoms. The van der Waals surface area contributed by atoms with E-state index < -0.39 is 0 Å². The summed E-state index contributed by atoms with van der Waals surface area (Å²) in [7, 11) is 0. The van der Waals surface area contributed by atoms with E-state index in [-0.39, 0.29) is 5.82 Å². The summed E-state index contributed by atoms with van der Waals surface area (Å²) >= 11 is 3.30. The van der Waals surface area contributed by atoms with Crippen LogP contribution in [0, 0.1) is 12.7 Å². The monoisotopic (exact) mass is 299 g/mol. The van der Waals surface area contributed by atoms with Gasteiger partial charge in [-0.1, -0.05) is 21.1 Å². The van der Waals surface area contributed by atoms with Crippen molar-refractivity contribution in [1.29, 1.82) is 0 Å². The molecule has 90 valence electrons. The van der Waals surface area contributed by atoms with Gasteiger partial charge in [-0.2, -0.15) is 4.98 Å². The molecular formula is C11H11BrFN3O. The Balaban J connectivity index is 1.91. The molecule has 0 aliphatic heterocycles. The van der Waals surface area contributed by atoms with E-state index in [2.05, 4.69) is 31.4 Å². The number of aryl methyl sites for hydroxylation is 1.